The van der Waals surface area contributed by atoms with Gasteiger partial charge in [0.15, 0.2) is 5.82 Å². The van der Waals surface area contributed by atoms with Gasteiger partial charge in [-0.1, -0.05) is 0 Å². The maximum atomic E-state index is 13.0. The van der Waals surface area contributed by atoms with Gasteiger partial charge in [0.2, 0.25) is 0 Å². The first-order valence-electron chi connectivity index (χ1n) is 9.32. The highest BCUT2D eigenvalue weighted by Crippen LogP contribution is 2.33. The van der Waals surface area contributed by atoms with Gasteiger partial charge in [0.1, 0.15) is 11.5 Å². The van der Waals surface area contributed by atoms with Gasteiger partial charge in [0, 0.05) is 10.9 Å². The molecule has 0 saturated carbocycles. The molecule has 0 bridgehead atoms. The van der Waals surface area contributed by atoms with Crippen LogP contribution in [0.2, 0.25) is 0 Å². The Morgan fingerprint density at radius 2 is 1.33 bits per heavy atom. The van der Waals surface area contributed by atoms with Crippen LogP contribution in [-0.2, 0) is 12.4 Å². The molecule has 0 fully saturated rings. The summed E-state index contributed by atoms with van der Waals surface area (Å²) in [5.74, 6) is -0.247. The smallest absolute Gasteiger partial charge is 0.416 e. The lowest BCUT2D eigenvalue weighted by Gasteiger charge is -2.09. The maximum Gasteiger partial charge on any atom is 0.416 e. The SMILES string of the molecule is O=C(Nc1n[nH]c2ccc(C(F)(F)F)cc12)c1ccc(Oc2ccc(C(F)(F)F)cc2)cc1. The second-order valence-electron chi connectivity index (χ2n) is 6.93. The number of halogens is 6. The highest BCUT2D eigenvalue weighted by atomic mass is 19.4. The zero-order valence-corrected chi connectivity index (χ0v) is 16.4. The summed E-state index contributed by atoms with van der Waals surface area (Å²) in [5.41, 5.74) is -1.21. The molecule has 170 valence electrons. The number of fused-ring (bicyclic) bond motifs is 1. The number of benzene rings is 3. The second-order valence-corrected chi connectivity index (χ2v) is 6.93. The van der Waals surface area contributed by atoms with Crippen LogP contribution in [0.15, 0.2) is 66.7 Å². The van der Waals surface area contributed by atoms with Crippen LogP contribution in [0.3, 0.4) is 0 Å². The van der Waals surface area contributed by atoms with Crippen molar-refractivity contribution in [1.82, 2.24) is 10.2 Å². The predicted molar refractivity (Wildman–Crippen MR) is 107 cm³/mol. The quantitative estimate of drug-likeness (QED) is 0.332. The molecule has 1 heterocycles. The molecule has 33 heavy (non-hydrogen) atoms. The van der Waals surface area contributed by atoms with Crippen molar-refractivity contribution >= 4 is 22.6 Å². The Morgan fingerprint density at radius 3 is 1.91 bits per heavy atom. The molecular formula is C22H13F6N3O2. The zero-order chi connectivity index (χ0) is 23.8. The van der Waals surface area contributed by atoms with E-state index in [0.717, 1.165) is 24.3 Å². The van der Waals surface area contributed by atoms with Gasteiger partial charge in [0.05, 0.1) is 16.6 Å². The molecule has 2 N–H and O–H groups in total. The molecule has 4 aromatic rings. The molecular weight excluding hydrogens is 452 g/mol. The molecule has 0 aliphatic carbocycles. The summed E-state index contributed by atoms with van der Waals surface area (Å²) < 4.78 is 82.2. The van der Waals surface area contributed by atoms with Crippen molar-refractivity contribution in [3.8, 4) is 11.5 Å². The third-order valence-electron chi connectivity index (χ3n) is 4.66. The van der Waals surface area contributed by atoms with Crippen molar-refractivity contribution in [1.29, 1.82) is 0 Å². The third kappa shape index (κ3) is 4.92. The summed E-state index contributed by atoms with van der Waals surface area (Å²) in [6.07, 6.45) is -9.00. The summed E-state index contributed by atoms with van der Waals surface area (Å²) in [6.45, 7) is 0. The van der Waals surface area contributed by atoms with Crippen molar-refractivity contribution in [3.63, 3.8) is 0 Å². The minimum Gasteiger partial charge on any atom is -0.457 e. The number of aromatic nitrogens is 2. The van der Waals surface area contributed by atoms with Crippen molar-refractivity contribution in [3.05, 3.63) is 83.4 Å². The van der Waals surface area contributed by atoms with Crippen LogP contribution >= 0.6 is 0 Å². The molecule has 0 unspecified atom stereocenters. The number of nitrogens with zero attached hydrogens (tertiary/aromatic N) is 1. The number of hydrogen-bond acceptors (Lipinski definition) is 3. The average Bonchev–Trinajstić information content (AvgIpc) is 3.15. The van der Waals surface area contributed by atoms with Gasteiger partial charge >= 0.3 is 12.4 Å². The minimum atomic E-state index is -4.55. The zero-order valence-electron chi connectivity index (χ0n) is 16.4. The molecule has 0 radical (unpaired) electrons. The van der Waals surface area contributed by atoms with Crippen LogP contribution in [0.25, 0.3) is 10.9 Å². The van der Waals surface area contributed by atoms with E-state index in [1.165, 1.54) is 42.5 Å². The summed E-state index contributed by atoms with van der Waals surface area (Å²) in [7, 11) is 0. The Bertz CT molecular complexity index is 1290. The molecule has 0 aliphatic rings. The number of nitrogens with one attached hydrogen (secondary N) is 2. The van der Waals surface area contributed by atoms with Crippen molar-refractivity contribution in [2.24, 2.45) is 0 Å². The summed E-state index contributed by atoms with van der Waals surface area (Å²) in [6, 6.07) is 12.8. The Hall–Kier alpha value is -4.02. The molecule has 0 aliphatic heterocycles. The van der Waals surface area contributed by atoms with E-state index >= 15 is 0 Å². The molecule has 3 aromatic carbocycles. The second kappa shape index (κ2) is 8.15. The number of alkyl halides is 6. The Balaban J connectivity index is 1.47. The largest absolute Gasteiger partial charge is 0.457 e. The van der Waals surface area contributed by atoms with E-state index in [0.29, 0.717) is 5.52 Å². The number of hydrogen-bond donors (Lipinski definition) is 2. The number of carbonyl (C=O) groups is 1. The van der Waals surface area contributed by atoms with E-state index in [9.17, 15) is 31.1 Å². The Morgan fingerprint density at radius 1 is 0.788 bits per heavy atom. The van der Waals surface area contributed by atoms with Crippen molar-refractivity contribution in [2.45, 2.75) is 12.4 Å². The number of anilines is 1. The van der Waals surface area contributed by atoms with E-state index in [1.54, 1.807) is 0 Å². The van der Waals surface area contributed by atoms with Gasteiger partial charge in [-0.3, -0.25) is 9.89 Å². The van der Waals surface area contributed by atoms with Crippen LogP contribution in [0, 0.1) is 0 Å². The fourth-order valence-corrected chi connectivity index (χ4v) is 2.99. The molecule has 0 saturated heterocycles. The number of ether oxygens (including phenoxy) is 1. The van der Waals surface area contributed by atoms with Gasteiger partial charge in [-0.25, -0.2) is 0 Å². The van der Waals surface area contributed by atoms with E-state index in [4.69, 9.17) is 4.74 Å². The Labute approximate surface area is 182 Å². The van der Waals surface area contributed by atoms with E-state index in [2.05, 4.69) is 15.5 Å². The predicted octanol–water partition coefficient (Wildman–Crippen LogP) is 6.65. The van der Waals surface area contributed by atoms with E-state index in [1.807, 2.05) is 0 Å². The highest BCUT2D eigenvalue weighted by Gasteiger charge is 2.31. The molecule has 5 nitrogen and oxygen atoms in total. The average molecular weight is 465 g/mol. The molecule has 1 aromatic heterocycles. The third-order valence-corrected chi connectivity index (χ3v) is 4.66. The number of carbonyl (C=O) groups excluding carboxylic acids is 1. The van der Waals surface area contributed by atoms with Gasteiger partial charge in [0.25, 0.3) is 5.91 Å². The number of aromatic amines is 1. The van der Waals surface area contributed by atoms with Crippen LogP contribution in [0.1, 0.15) is 21.5 Å². The maximum absolute atomic E-state index is 13.0. The summed E-state index contributed by atoms with van der Waals surface area (Å²) >= 11 is 0. The van der Waals surface area contributed by atoms with Gasteiger partial charge in [-0.15, -0.1) is 0 Å². The van der Waals surface area contributed by atoms with E-state index in [-0.39, 0.29) is 28.3 Å². The number of H-pyrrole nitrogens is 1. The minimum absolute atomic E-state index is 0.0637. The molecule has 1 amide bonds. The van der Waals surface area contributed by atoms with Crippen LogP contribution in [-0.4, -0.2) is 16.1 Å². The van der Waals surface area contributed by atoms with Gasteiger partial charge in [-0.05, 0) is 66.7 Å². The number of amides is 1. The number of rotatable bonds is 4. The topological polar surface area (TPSA) is 67.0 Å². The standard InChI is InChI=1S/C22H13F6N3O2/c23-21(24,25)13-3-8-16(9-4-13)33-15-6-1-12(2-7-15)20(32)29-19-17-11-14(22(26,27)28)5-10-18(17)30-31-19/h1-11H,(H2,29,30,31,32). The summed E-state index contributed by atoms with van der Waals surface area (Å²) in [4.78, 5) is 12.5. The molecule has 0 spiro atoms. The molecule has 4 rings (SSSR count). The van der Waals surface area contributed by atoms with E-state index < -0.39 is 29.4 Å². The van der Waals surface area contributed by atoms with Crippen LogP contribution in [0.4, 0.5) is 32.2 Å². The fourth-order valence-electron chi connectivity index (χ4n) is 2.99. The van der Waals surface area contributed by atoms with Gasteiger partial charge < -0.3 is 10.1 Å². The fraction of sp³-hybridized carbons (Fsp3) is 0.0909. The van der Waals surface area contributed by atoms with Crippen molar-refractivity contribution in [2.75, 3.05) is 5.32 Å². The van der Waals surface area contributed by atoms with Crippen LogP contribution in [0.5, 0.6) is 11.5 Å². The van der Waals surface area contributed by atoms with Crippen molar-refractivity contribution < 1.29 is 35.9 Å². The first-order valence-corrected chi connectivity index (χ1v) is 9.32. The lowest BCUT2D eigenvalue weighted by Crippen LogP contribution is -2.12. The van der Waals surface area contributed by atoms with Crippen LogP contribution < -0.4 is 10.1 Å². The van der Waals surface area contributed by atoms with Gasteiger partial charge in [-0.2, -0.15) is 31.4 Å². The normalized spacial score (nSPS) is 12.1. The Kier molecular flexibility index (Phi) is 5.48. The lowest BCUT2D eigenvalue weighted by molar-refractivity contribution is -0.138. The first kappa shape index (κ1) is 22.2. The monoisotopic (exact) mass is 465 g/mol. The highest BCUT2D eigenvalue weighted by molar-refractivity contribution is 6.07. The molecule has 0 atom stereocenters. The molecule has 11 heteroatoms. The summed E-state index contributed by atoms with van der Waals surface area (Å²) in [5, 5.41) is 8.95. The first-order chi connectivity index (χ1) is 15.5. The lowest BCUT2D eigenvalue weighted by atomic mass is 10.1.